The fourth-order valence-corrected chi connectivity index (χ4v) is 4.19. The van der Waals surface area contributed by atoms with Crippen molar-refractivity contribution in [1.29, 1.82) is 0 Å². The van der Waals surface area contributed by atoms with Crippen molar-refractivity contribution >= 4 is 17.2 Å². The highest BCUT2D eigenvalue weighted by Crippen LogP contribution is 2.32. The van der Waals surface area contributed by atoms with Gasteiger partial charge >= 0.3 is 0 Å². The maximum atomic E-state index is 12.5. The first-order valence-corrected chi connectivity index (χ1v) is 9.84. The molecule has 4 bridgehead atoms. The van der Waals surface area contributed by atoms with Gasteiger partial charge in [-0.1, -0.05) is 0 Å². The Morgan fingerprint density at radius 1 is 1.31 bits per heavy atom. The zero-order valence-corrected chi connectivity index (χ0v) is 16.5. The Labute approximate surface area is 168 Å². The molecule has 0 radical (unpaired) electrons. The molecule has 1 saturated heterocycles. The third-order valence-electron chi connectivity index (χ3n) is 5.67. The van der Waals surface area contributed by atoms with E-state index in [4.69, 9.17) is 9.47 Å². The number of rotatable bonds is 1. The summed E-state index contributed by atoms with van der Waals surface area (Å²) in [6, 6.07) is 7.87. The Morgan fingerprint density at radius 3 is 3.07 bits per heavy atom. The fraction of sp³-hybridized carbons (Fsp3) is 0.381. The minimum Gasteiger partial charge on any atom is -0.497 e. The Morgan fingerprint density at radius 2 is 2.21 bits per heavy atom. The van der Waals surface area contributed by atoms with Gasteiger partial charge in [-0.2, -0.15) is 10.1 Å². The minimum absolute atomic E-state index is 0.0401. The van der Waals surface area contributed by atoms with Crippen molar-refractivity contribution in [1.82, 2.24) is 19.5 Å². The average Bonchev–Trinajstić information content (AvgIpc) is 3.32. The molecule has 8 heteroatoms. The number of hydrogen-bond acceptors (Lipinski definition) is 6. The van der Waals surface area contributed by atoms with Crippen LogP contribution in [0.4, 0.5) is 5.69 Å². The number of anilines is 1. The van der Waals surface area contributed by atoms with E-state index in [2.05, 4.69) is 28.4 Å². The summed E-state index contributed by atoms with van der Waals surface area (Å²) < 4.78 is 13.2. The van der Waals surface area contributed by atoms with Gasteiger partial charge in [0.15, 0.2) is 5.65 Å². The van der Waals surface area contributed by atoms with Crippen molar-refractivity contribution in [2.45, 2.75) is 31.8 Å². The minimum atomic E-state index is 0.0401. The van der Waals surface area contributed by atoms with E-state index >= 15 is 0 Å². The van der Waals surface area contributed by atoms with Gasteiger partial charge in [0.1, 0.15) is 12.4 Å². The Kier molecular flexibility index (Phi) is 4.26. The largest absolute Gasteiger partial charge is 0.497 e. The molecular weight excluding hydrogens is 370 g/mol. The monoisotopic (exact) mass is 393 g/mol. The first-order valence-electron chi connectivity index (χ1n) is 9.84. The van der Waals surface area contributed by atoms with Gasteiger partial charge < -0.3 is 19.7 Å². The Hall–Kier alpha value is -3.29. The predicted octanol–water partition coefficient (Wildman–Crippen LogP) is 2.59. The highest BCUT2D eigenvalue weighted by atomic mass is 16.5. The van der Waals surface area contributed by atoms with E-state index < -0.39 is 0 Å². The number of hydrogen-bond donors (Lipinski definition) is 1. The lowest BCUT2D eigenvalue weighted by atomic mass is 10.1. The molecule has 1 N–H and O–H groups in total. The SMILES string of the molecule is COc1cc2cc(c1)-c1cnn3ccc(nc13)OCC1CCC(=O)N1C(C)CN2. The van der Waals surface area contributed by atoms with Crippen LogP contribution in [0.5, 0.6) is 11.6 Å². The van der Waals surface area contributed by atoms with E-state index in [1.54, 1.807) is 23.9 Å². The van der Waals surface area contributed by atoms with Crippen LogP contribution in [0.2, 0.25) is 0 Å². The number of methoxy groups -OCH3 is 1. The Bertz CT molecular complexity index is 1080. The number of ether oxygens (including phenoxy) is 2. The molecule has 1 fully saturated rings. The Balaban J connectivity index is 1.63. The molecule has 3 aromatic rings. The molecule has 5 rings (SSSR count). The van der Waals surface area contributed by atoms with Crippen LogP contribution in [-0.2, 0) is 4.79 Å². The second-order valence-corrected chi connectivity index (χ2v) is 7.58. The van der Waals surface area contributed by atoms with E-state index in [0.29, 0.717) is 31.1 Å². The molecule has 0 aliphatic carbocycles. The molecule has 2 aliphatic heterocycles. The number of carbonyl (C=O) groups is 1. The summed E-state index contributed by atoms with van der Waals surface area (Å²) >= 11 is 0. The second kappa shape index (κ2) is 6.95. The van der Waals surface area contributed by atoms with E-state index in [-0.39, 0.29) is 18.0 Å². The summed E-state index contributed by atoms with van der Waals surface area (Å²) in [4.78, 5) is 19.1. The zero-order chi connectivity index (χ0) is 20.0. The summed E-state index contributed by atoms with van der Waals surface area (Å²) in [5, 5.41) is 7.88. The highest BCUT2D eigenvalue weighted by Gasteiger charge is 2.35. The molecule has 150 valence electrons. The third-order valence-corrected chi connectivity index (χ3v) is 5.67. The van der Waals surface area contributed by atoms with Gasteiger partial charge in [0.25, 0.3) is 0 Å². The number of amides is 1. The molecule has 1 amide bonds. The van der Waals surface area contributed by atoms with Crippen molar-refractivity contribution < 1.29 is 14.3 Å². The second-order valence-electron chi connectivity index (χ2n) is 7.58. The van der Waals surface area contributed by atoms with Crippen LogP contribution in [0.1, 0.15) is 19.8 Å². The average molecular weight is 393 g/mol. The summed E-state index contributed by atoms with van der Waals surface area (Å²) in [6.07, 6.45) is 5.00. The lowest BCUT2D eigenvalue weighted by Crippen LogP contribution is -2.46. The van der Waals surface area contributed by atoms with Crippen molar-refractivity contribution in [3.05, 3.63) is 36.7 Å². The molecular formula is C21H23N5O3. The fourth-order valence-electron chi connectivity index (χ4n) is 4.19. The molecule has 2 aliphatic rings. The lowest BCUT2D eigenvalue weighted by Gasteiger charge is -2.31. The molecule has 4 heterocycles. The van der Waals surface area contributed by atoms with Crippen LogP contribution < -0.4 is 14.8 Å². The maximum Gasteiger partial charge on any atom is 0.223 e. The molecule has 2 aromatic heterocycles. The standard InChI is InChI=1S/C21H23N5O3/c1-13-10-22-15-7-14(8-17(9-15)28-2)18-11-23-25-6-5-19(24-21(18)25)29-12-16-3-4-20(27)26(13)16/h5-9,11,13,16,22H,3-4,10,12H2,1-2H3. The maximum absolute atomic E-state index is 12.5. The normalized spacial score (nSPS) is 21.4. The van der Waals surface area contributed by atoms with Gasteiger partial charge in [-0.3, -0.25) is 4.79 Å². The smallest absolute Gasteiger partial charge is 0.223 e. The van der Waals surface area contributed by atoms with Crippen molar-refractivity contribution in [3.8, 4) is 22.8 Å². The van der Waals surface area contributed by atoms with Crippen LogP contribution in [-0.4, -0.2) is 57.8 Å². The summed E-state index contributed by atoms with van der Waals surface area (Å²) in [6.45, 7) is 3.14. The predicted molar refractivity (Wildman–Crippen MR) is 108 cm³/mol. The first kappa shape index (κ1) is 17.8. The molecule has 8 nitrogen and oxygen atoms in total. The zero-order valence-electron chi connectivity index (χ0n) is 16.5. The van der Waals surface area contributed by atoms with E-state index in [0.717, 1.165) is 29.0 Å². The van der Waals surface area contributed by atoms with Crippen LogP contribution in [0.25, 0.3) is 16.8 Å². The van der Waals surface area contributed by atoms with Gasteiger partial charge in [-0.15, -0.1) is 0 Å². The van der Waals surface area contributed by atoms with Crippen molar-refractivity contribution in [2.75, 3.05) is 25.6 Å². The van der Waals surface area contributed by atoms with Gasteiger partial charge in [0, 0.05) is 48.6 Å². The molecule has 29 heavy (non-hydrogen) atoms. The van der Waals surface area contributed by atoms with E-state index in [1.165, 1.54) is 0 Å². The summed E-state index contributed by atoms with van der Waals surface area (Å²) in [7, 11) is 1.65. The molecule has 0 spiro atoms. The highest BCUT2D eigenvalue weighted by molar-refractivity contribution is 5.81. The topological polar surface area (TPSA) is 81.0 Å². The van der Waals surface area contributed by atoms with Gasteiger partial charge in [-0.25, -0.2) is 4.52 Å². The third kappa shape index (κ3) is 3.14. The van der Waals surface area contributed by atoms with Crippen LogP contribution >= 0.6 is 0 Å². The van der Waals surface area contributed by atoms with Gasteiger partial charge in [-0.05, 0) is 31.0 Å². The number of aromatic nitrogens is 3. The summed E-state index contributed by atoms with van der Waals surface area (Å²) in [5.41, 5.74) is 3.50. The number of benzene rings is 1. The van der Waals surface area contributed by atoms with E-state index in [1.807, 2.05) is 23.2 Å². The first-order chi connectivity index (χ1) is 14.1. The van der Waals surface area contributed by atoms with Gasteiger partial charge in [0.05, 0.1) is 19.3 Å². The van der Waals surface area contributed by atoms with Crippen LogP contribution in [0, 0.1) is 0 Å². The van der Waals surface area contributed by atoms with Gasteiger partial charge in [0.2, 0.25) is 11.8 Å². The van der Waals surface area contributed by atoms with Crippen LogP contribution in [0.3, 0.4) is 0 Å². The molecule has 2 atom stereocenters. The quantitative estimate of drug-likeness (QED) is 0.684. The summed E-state index contributed by atoms with van der Waals surface area (Å²) in [5.74, 6) is 1.45. The number of fused-ring (bicyclic) bond motifs is 5. The number of nitrogens with zero attached hydrogens (tertiary/aromatic N) is 4. The molecule has 0 saturated carbocycles. The molecule has 1 aromatic carbocycles. The number of nitrogens with one attached hydrogen (secondary N) is 1. The number of carbonyl (C=O) groups excluding carboxylic acids is 1. The lowest BCUT2D eigenvalue weighted by molar-refractivity contribution is -0.131. The molecule has 2 unspecified atom stereocenters. The van der Waals surface area contributed by atoms with Crippen molar-refractivity contribution in [2.24, 2.45) is 0 Å². The van der Waals surface area contributed by atoms with Crippen molar-refractivity contribution in [3.63, 3.8) is 0 Å². The van der Waals surface area contributed by atoms with Crippen LogP contribution in [0.15, 0.2) is 36.7 Å². The van der Waals surface area contributed by atoms with E-state index in [9.17, 15) is 4.79 Å².